The molecule has 0 radical (unpaired) electrons. The van der Waals surface area contributed by atoms with Crippen LogP contribution < -0.4 is 14.5 Å². The van der Waals surface area contributed by atoms with Gasteiger partial charge in [-0.05, 0) is 19.1 Å². The number of nitrogens with zero attached hydrogens (tertiary/aromatic N) is 5. The summed E-state index contributed by atoms with van der Waals surface area (Å²) in [7, 11) is 0. The van der Waals surface area contributed by atoms with Gasteiger partial charge >= 0.3 is 0 Å². The van der Waals surface area contributed by atoms with Gasteiger partial charge in [0.1, 0.15) is 5.75 Å². The highest BCUT2D eigenvalue weighted by atomic mass is 16.5. The maximum atomic E-state index is 12.5. The van der Waals surface area contributed by atoms with Crippen LogP contribution in [0.4, 0.5) is 11.5 Å². The van der Waals surface area contributed by atoms with Crippen LogP contribution in [0.1, 0.15) is 5.56 Å². The molecule has 0 saturated carbocycles. The van der Waals surface area contributed by atoms with Crippen LogP contribution in [0.3, 0.4) is 0 Å². The lowest BCUT2D eigenvalue weighted by molar-refractivity contribution is -0.133. The van der Waals surface area contributed by atoms with Crippen LogP contribution in [0.5, 0.6) is 5.75 Å². The van der Waals surface area contributed by atoms with Crippen molar-refractivity contribution < 1.29 is 14.3 Å². The van der Waals surface area contributed by atoms with Gasteiger partial charge < -0.3 is 24.2 Å². The molecule has 0 N–H and O–H groups in total. The largest absolute Gasteiger partial charge is 0.484 e. The van der Waals surface area contributed by atoms with Crippen LogP contribution in [0.2, 0.25) is 0 Å². The Balaban J connectivity index is 1.28. The van der Waals surface area contributed by atoms with Crippen molar-refractivity contribution in [3.05, 3.63) is 42.1 Å². The summed E-state index contributed by atoms with van der Waals surface area (Å²) in [5.41, 5.74) is 2.21. The average Bonchev–Trinajstić information content (AvgIpc) is 2.79. The third-order valence-corrected chi connectivity index (χ3v) is 5.34. The lowest BCUT2D eigenvalue weighted by Crippen LogP contribution is -2.50. The highest BCUT2D eigenvalue weighted by Crippen LogP contribution is 2.21. The predicted molar refractivity (Wildman–Crippen MR) is 111 cm³/mol. The maximum Gasteiger partial charge on any atom is 0.260 e. The van der Waals surface area contributed by atoms with Crippen molar-refractivity contribution in [3.8, 4) is 5.75 Å². The minimum Gasteiger partial charge on any atom is -0.484 e. The lowest BCUT2D eigenvalue weighted by atomic mass is 10.2. The van der Waals surface area contributed by atoms with Crippen LogP contribution in [-0.4, -0.2) is 80.1 Å². The van der Waals surface area contributed by atoms with Crippen molar-refractivity contribution >= 4 is 17.4 Å². The van der Waals surface area contributed by atoms with Crippen LogP contribution in [-0.2, 0) is 9.53 Å². The Labute approximate surface area is 171 Å². The third-order valence-electron chi connectivity index (χ3n) is 5.34. The third kappa shape index (κ3) is 4.95. The van der Waals surface area contributed by atoms with E-state index in [1.807, 2.05) is 36.1 Å². The van der Waals surface area contributed by atoms with Gasteiger partial charge in [-0.15, -0.1) is 5.10 Å². The molecule has 3 heterocycles. The van der Waals surface area contributed by atoms with Gasteiger partial charge in [0.2, 0.25) is 0 Å². The summed E-state index contributed by atoms with van der Waals surface area (Å²) in [6.07, 6.45) is 1.79. The molecule has 29 heavy (non-hydrogen) atoms. The Morgan fingerprint density at radius 2 is 1.76 bits per heavy atom. The van der Waals surface area contributed by atoms with Crippen molar-refractivity contribution in [2.75, 3.05) is 68.9 Å². The van der Waals surface area contributed by atoms with E-state index in [4.69, 9.17) is 9.47 Å². The van der Waals surface area contributed by atoms with Gasteiger partial charge in [-0.3, -0.25) is 4.79 Å². The molecule has 0 aliphatic carbocycles. The molecule has 1 aromatic heterocycles. The number of rotatable bonds is 5. The summed E-state index contributed by atoms with van der Waals surface area (Å²) in [4.78, 5) is 18.8. The van der Waals surface area contributed by atoms with E-state index in [0.717, 1.165) is 56.6 Å². The summed E-state index contributed by atoms with van der Waals surface area (Å²) in [5.74, 6) is 1.63. The zero-order valence-electron chi connectivity index (χ0n) is 16.8. The molecule has 4 rings (SSSR count). The van der Waals surface area contributed by atoms with E-state index in [1.54, 1.807) is 6.20 Å². The molecule has 8 heteroatoms. The highest BCUT2D eigenvalue weighted by Gasteiger charge is 2.23. The molecule has 2 aliphatic heterocycles. The molecule has 2 aromatic rings. The fourth-order valence-corrected chi connectivity index (χ4v) is 3.55. The quantitative estimate of drug-likeness (QED) is 0.754. The average molecular weight is 397 g/mol. The number of morpholine rings is 1. The smallest absolute Gasteiger partial charge is 0.260 e. The number of hydrogen-bond acceptors (Lipinski definition) is 7. The second kappa shape index (κ2) is 9.09. The predicted octanol–water partition coefficient (Wildman–Crippen LogP) is 1.35. The first-order valence-electron chi connectivity index (χ1n) is 10.1. The molecule has 2 fully saturated rings. The number of hydrogen-bond donors (Lipinski definition) is 0. The van der Waals surface area contributed by atoms with Crippen molar-refractivity contribution in [1.29, 1.82) is 0 Å². The number of amides is 1. The molecule has 2 aliphatic rings. The van der Waals surface area contributed by atoms with Crippen molar-refractivity contribution in [1.82, 2.24) is 15.1 Å². The zero-order chi connectivity index (χ0) is 20.1. The number of ether oxygens (including phenoxy) is 2. The van der Waals surface area contributed by atoms with Gasteiger partial charge in [0, 0.05) is 45.3 Å². The Hall–Kier alpha value is -2.87. The number of carbonyl (C=O) groups is 1. The second-order valence-corrected chi connectivity index (χ2v) is 7.34. The molecule has 0 bridgehead atoms. The number of benzene rings is 1. The van der Waals surface area contributed by atoms with Crippen LogP contribution in [0, 0.1) is 6.92 Å². The molecule has 0 atom stereocenters. The van der Waals surface area contributed by atoms with E-state index in [2.05, 4.69) is 26.1 Å². The number of aryl methyl sites for hydroxylation is 1. The Morgan fingerprint density at radius 3 is 2.48 bits per heavy atom. The molecule has 0 spiro atoms. The monoisotopic (exact) mass is 397 g/mol. The normalized spacial score (nSPS) is 17.3. The fraction of sp³-hybridized carbons (Fsp3) is 0.476. The van der Waals surface area contributed by atoms with Gasteiger partial charge in [0.25, 0.3) is 5.91 Å². The summed E-state index contributed by atoms with van der Waals surface area (Å²) >= 11 is 0. The molecule has 2 saturated heterocycles. The lowest BCUT2D eigenvalue weighted by Gasteiger charge is -2.36. The van der Waals surface area contributed by atoms with E-state index >= 15 is 0 Å². The summed E-state index contributed by atoms with van der Waals surface area (Å²) in [6.45, 7) is 8.08. The first-order valence-corrected chi connectivity index (χ1v) is 10.1. The van der Waals surface area contributed by atoms with Crippen molar-refractivity contribution in [3.63, 3.8) is 0 Å². The van der Waals surface area contributed by atoms with E-state index < -0.39 is 0 Å². The Morgan fingerprint density at radius 1 is 1.03 bits per heavy atom. The Bertz CT molecular complexity index is 815. The summed E-state index contributed by atoms with van der Waals surface area (Å²) in [6, 6.07) is 9.82. The first kappa shape index (κ1) is 19.4. The minimum atomic E-state index is 0.0204. The van der Waals surface area contributed by atoms with Gasteiger partial charge in [-0.2, -0.15) is 5.10 Å². The number of piperazine rings is 1. The van der Waals surface area contributed by atoms with E-state index in [9.17, 15) is 4.79 Å². The van der Waals surface area contributed by atoms with Gasteiger partial charge in [0.05, 0.1) is 25.1 Å². The van der Waals surface area contributed by atoms with Gasteiger partial charge in [-0.25, -0.2) is 0 Å². The minimum absolute atomic E-state index is 0.0204. The van der Waals surface area contributed by atoms with E-state index in [0.29, 0.717) is 13.1 Å². The number of carbonyl (C=O) groups excluding carboxylic acids is 1. The van der Waals surface area contributed by atoms with Gasteiger partial charge in [0.15, 0.2) is 12.4 Å². The SMILES string of the molecule is Cc1ccc(OCC(=O)N2CCN(c3cnnc(N4CCOCC4)c3)CC2)cc1. The highest BCUT2D eigenvalue weighted by molar-refractivity contribution is 5.78. The van der Waals surface area contributed by atoms with Gasteiger partial charge in [-0.1, -0.05) is 17.7 Å². The van der Waals surface area contributed by atoms with Crippen molar-refractivity contribution in [2.45, 2.75) is 6.92 Å². The first-order chi connectivity index (χ1) is 14.2. The Kier molecular flexibility index (Phi) is 6.09. The fourth-order valence-electron chi connectivity index (χ4n) is 3.55. The van der Waals surface area contributed by atoms with Crippen LogP contribution in [0.25, 0.3) is 0 Å². The van der Waals surface area contributed by atoms with Crippen LogP contribution >= 0.6 is 0 Å². The molecular formula is C21H27N5O3. The van der Waals surface area contributed by atoms with E-state index in [-0.39, 0.29) is 12.5 Å². The standard InChI is InChI=1S/C21H27N5O3/c1-17-2-4-19(5-3-17)29-16-21(27)26-8-6-24(7-9-26)18-14-20(23-22-15-18)25-10-12-28-13-11-25/h2-5,14-15H,6-13,16H2,1H3. The molecule has 1 aromatic carbocycles. The van der Waals surface area contributed by atoms with E-state index in [1.165, 1.54) is 5.56 Å². The number of aromatic nitrogens is 2. The van der Waals surface area contributed by atoms with Crippen molar-refractivity contribution in [2.24, 2.45) is 0 Å². The van der Waals surface area contributed by atoms with Crippen LogP contribution in [0.15, 0.2) is 36.5 Å². The second-order valence-electron chi connectivity index (χ2n) is 7.34. The zero-order valence-corrected chi connectivity index (χ0v) is 16.8. The maximum absolute atomic E-state index is 12.5. The molecule has 8 nitrogen and oxygen atoms in total. The number of anilines is 2. The molecule has 1 amide bonds. The molecular weight excluding hydrogens is 370 g/mol. The molecule has 154 valence electrons. The summed E-state index contributed by atoms with van der Waals surface area (Å²) < 4.78 is 11.0. The summed E-state index contributed by atoms with van der Waals surface area (Å²) in [5, 5.41) is 8.46. The molecule has 0 unspecified atom stereocenters. The topological polar surface area (TPSA) is 71.0 Å².